The number of ether oxygens (including phenoxy) is 5. The van der Waals surface area contributed by atoms with E-state index in [0.717, 1.165) is 30.4 Å². The second kappa shape index (κ2) is 21.4. The molecular weight excluding hydrogens is 795 g/mol. The lowest BCUT2D eigenvalue weighted by atomic mass is 9.82. The van der Waals surface area contributed by atoms with Crippen molar-refractivity contribution in [3.05, 3.63) is 35.5 Å². The number of ketones is 2. The van der Waals surface area contributed by atoms with E-state index in [1.54, 1.807) is 34.3 Å². The largest absolute Gasteiger partial charge is 0.456 e. The Morgan fingerprint density at radius 2 is 1.54 bits per heavy atom. The fourth-order valence-corrected chi connectivity index (χ4v) is 10.9. The Morgan fingerprint density at radius 3 is 2.16 bits per heavy atom. The zero-order valence-corrected chi connectivity index (χ0v) is 40.8. The first kappa shape index (κ1) is 51.1. The first-order chi connectivity index (χ1) is 28.5. The Hall–Kier alpha value is -2.52. The highest BCUT2D eigenvalue weighted by Crippen LogP contribution is 2.42. The third-order valence-corrected chi connectivity index (χ3v) is 18.8. The van der Waals surface area contributed by atoms with Crippen LogP contribution in [0.2, 0.25) is 18.1 Å². The van der Waals surface area contributed by atoms with Gasteiger partial charge in [0.05, 0.1) is 24.4 Å². The molecule has 3 heterocycles. The van der Waals surface area contributed by atoms with Crippen LogP contribution in [0.1, 0.15) is 120 Å². The number of hydrogen-bond donors (Lipinski definition) is 1. The van der Waals surface area contributed by atoms with Crippen molar-refractivity contribution < 1.29 is 52.4 Å². The van der Waals surface area contributed by atoms with Crippen molar-refractivity contribution in [1.82, 2.24) is 4.90 Å². The Balaban J connectivity index is 1.71. The quantitative estimate of drug-likeness (QED) is 0.115. The van der Waals surface area contributed by atoms with Crippen LogP contribution >= 0.6 is 0 Å². The maximum Gasteiger partial charge on any atom is 0.329 e. The summed E-state index contributed by atoms with van der Waals surface area (Å²) in [7, 11) is 2.80. The smallest absolute Gasteiger partial charge is 0.329 e. The van der Waals surface area contributed by atoms with Crippen LogP contribution in [0.25, 0.3) is 0 Å². The molecule has 13 unspecified atom stereocenters. The van der Waals surface area contributed by atoms with Crippen molar-refractivity contribution in [1.29, 1.82) is 0 Å². The van der Waals surface area contributed by atoms with Crippen LogP contribution in [0.3, 0.4) is 0 Å². The first-order valence-electron chi connectivity index (χ1n) is 22.8. The highest BCUT2D eigenvalue weighted by atomic mass is 28.4. The molecule has 1 aliphatic carbocycles. The molecule has 1 amide bonds. The molecular formula is C48H79NO11Si. The van der Waals surface area contributed by atoms with Gasteiger partial charge < -0.3 is 38.1 Å². The fraction of sp³-hybridized carbons (Fsp3) is 0.792. The molecule has 0 aromatic rings. The lowest BCUT2D eigenvalue weighted by Crippen LogP contribution is -2.64. The van der Waals surface area contributed by atoms with Crippen molar-refractivity contribution >= 4 is 31.8 Å². The summed E-state index contributed by atoms with van der Waals surface area (Å²) in [6, 6.07) is -1.06. The van der Waals surface area contributed by atoms with Gasteiger partial charge in [0.15, 0.2) is 14.1 Å². The molecule has 1 saturated carbocycles. The lowest BCUT2D eigenvalue weighted by Gasteiger charge is -2.47. The van der Waals surface area contributed by atoms with E-state index in [1.165, 1.54) is 4.90 Å². The van der Waals surface area contributed by atoms with E-state index >= 15 is 0 Å². The molecule has 3 fully saturated rings. The number of nitrogens with zero attached hydrogens (tertiary/aromatic N) is 1. The summed E-state index contributed by atoms with van der Waals surface area (Å²) in [5.74, 6) is -6.67. The number of esters is 1. The third-order valence-electron chi connectivity index (χ3n) is 14.3. The van der Waals surface area contributed by atoms with E-state index in [-0.39, 0.29) is 53.7 Å². The molecule has 2 saturated heterocycles. The molecule has 13 heteroatoms. The molecule has 0 spiro atoms. The first-order valence-corrected chi connectivity index (χ1v) is 25.7. The van der Waals surface area contributed by atoms with Crippen molar-refractivity contribution in [2.75, 3.05) is 27.9 Å². The second-order valence-electron chi connectivity index (χ2n) is 20.3. The molecule has 0 aromatic carbocycles. The van der Waals surface area contributed by atoms with Crippen LogP contribution in [0.4, 0.5) is 0 Å². The number of carbonyl (C=O) groups excluding carboxylic acids is 4. The van der Waals surface area contributed by atoms with Crippen LogP contribution in [0, 0.1) is 29.6 Å². The number of Topliss-reactive ketones (excluding diaryl/α,β-unsaturated/α-hetero) is 1. The number of piperidine rings is 1. The number of carbonyl (C=O) groups is 4. The number of allylic oxidation sites excluding steroid dienone is 4. The normalized spacial score (nSPS) is 37.4. The van der Waals surface area contributed by atoms with Crippen LogP contribution in [0.15, 0.2) is 35.5 Å². The van der Waals surface area contributed by atoms with Gasteiger partial charge in [0.1, 0.15) is 18.2 Å². The van der Waals surface area contributed by atoms with Gasteiger partial charge in [-0.2, -0.15) is 0 Å². The highest BCUT2D eigenvalue weighted by Gasteiger charge is 2.56. The molecule has 61 heavy (non-hydrogen) atoms. The van der Waals surface area contributed by atoms with Crippen molar-refractivity contribution in [2.24, 2.45) is 29.6 Å². The minimum absolute atomic E-state index is 0.00935. The van der Waals surface area contributed by atoms with Gasteiger partial charge in [-0.3, -0.25) is 14.4 Å². The standard InChI is InChI=1S/C48H79NO11Si/c1-29-23-30(2)25-40(56-11)43-41(57-12)27-34(6)48(54,59-43)44(51)45(52)49-22-16-15-17-36(49)46(53)58-42(31(3)18-20-37(50)32(4)24-29)33(5)26-35-19-21-38(39(28-35)55-10)60-61(13,14)47(7,8)9/h18,20,24,26,30-32,34-36,38-43,54H,15-17,19,21-23,25,27-28H2,1-14H3. The molecule has 4 rings (SSSR count). The summed E-state index contributed by atoms with van der Waals surface area (Å²) in [5, 5.41) is 12.1. The van der Waals surface area contributed by atoms with E-state index < -0.39 is 74.1 Å². The lowest BCUT2D eigenvalue weighted by molar-refractivity contribution is -0.302. The zero-order valence-electron chi connectivity index (χ0n) is 39.8. The summed E-state index contributed by atoms with van der Waals surface area (Å²) in [6.07, 6.45) is 10.1. The summed E-state index contributed by atoms with van der Waals surface area (Å²) in [6.45, 7) is 22.9. The van der Waals surface area contributed by atoms with E-state index in [4.69, 9.17) is 28.1 Å². The van der Waals surface area contributed by atoms with Gasteiger partial charge in [0, 0.05) is 45.6 Å². The van der Waals surface area contributed by atoms with E-state index in [0.29, 0.717) is 32.1 Å². The Kier molecular flexibility index (Phi) is 18.0. The maximum atomic E-state index is 14.4. The van der Waals surface area contributed by atoms with Crippen LogP contribution in [-0.2, 0) is 47.3 Å². The van der Waals surface area contributed by atoms with Gasteiger partial charge >= 0.3 is 5.97 Å². The molecule has 346 valence electrons. The molecule has 4 aliphatic rings. The second-order valence-corrected chi connectivity index (χ2v) is 25.1. The average molecular weight is 874 g/mol. The summed E-state index contributed by atoms with van der Waals surface area (Å²) in [4.78, 5) is 57.9. The maximum absolute atomic E-state index is 14.4. The number of cyclic esters (lactones) is 1. The topological polar surface area (TPSA) is 147 Å². The number of rotatable bonds is 7. The predicted octanol–water partition coefficient (Wildman–Crippen LogP) is 7.92. The van der Waals surface area contributed by atoms with E-state index in [1.807, 2.05) is 39.8 Å². The highest BCUT2D eigenvalue weighted by molar-refractivity contribution is 6.74. The molecule has 13 atom stereocenters. The Labute approximate surface area is 367 Å². The zero-order chi connectivity index (χ0) is 45.6. The van der Waals surface area contributed by atoms with Crippen LogP contribution < -0.4 is 0 Å². The SMILES string of the molecule is COC1CC(C=C(C)C2OC(=O)C3CCCCN3C(=O)C(=O)C3(O)OC(C(OC)CC(C)CC(C)=CC(C)C(=O)C=CC2C)C(OC)CC3C)CCC1O[Si](C)(C)C(C)(C)C. The van der Waals surface area contributed by atoms with Gasteiger partial charge in [0.25, 0.3) is 11.7 Å². The number of methoxy groups -OCH3 is 3. The van der Waals surface area contributed by atoms with Gasteiger partial charge in [-0.1, -0.05) is 72.3 Å². The van der Waals surface area contributed by atoms with Crippen molar-refractivity contribution in [3.63, 3.8) is 0 Å². The third kappa shape index (κ3) is 12.4. The number of amides is 1. The molecule has 1 N–H and O–H groups in total. The molecule has 2 bridgehead atoms. The van der Waals surface area contributed by atoms with E-state index in [9.17, 15) is 24.3 Å². The predicted molar refractivity (Wildman–Crippen MR) is 238 cm³/mol. The minimum atomic E-state index is -2.47. The van der Waals surface area contributed by atoms with Crippen LogP contribution in [-0.4, -0.2) is 118 Å². The van der Waals surface area contributed by atoms with Crippen molar-refractivity contribution in [2.45, 2.75) is 187 Å². The molecule has 12 nitrogen and oxygen atoms in total. The van der Waals surface area contributed by atoms with Gasteiger partial charge in [-0.05, 0) is 113 Å². The number of fused-ring (bicyclic) bond motifs is 3. The summed E-state index contributed by atoms with van der Waals surface area (Å²) < 4.78 is 37.3. The number of hydrogen-bond acceptors (Lipinski definition) is 11. The van der Waals surface area contributed by atoms with Gasteiger partial charge in [0.2, 0.25) is 5.79 Å². The molecule has 0 radical (unpaired) electrons. The van der Waals surface area contributed by atoms with E-state index in [2.05, 4.69) is 46.9 Å². The average Bonchev–Trinajstić information content (AvgIpc) is 3.20. The summed E-state index contributed by atoms with van der Waals surface area (Å²) >= 11 is 0. The Bertz CT molecular complexity index is 1630. The monoisotopic (exact) mass is 874 g/mol. The molecule has 0 aromatic heterocycles. The molecule has 3 aliphatic heterocycles. The Morgan fingerprint density at radius 1 is 0.902 bits per heavy atom. The fourth-order valence-electron chi connectivity index (χ4n) is 9.55. The van der Waals surface area contributed by atoms with Crippen LogP contribution in [0.5, 0.6) is 0 Å². The van der Waals surface area contributed by atoms with Gasteiger partial charge in [-0.15, -0.1) is 0 Å². The summed E-state index contributed by atoms with van der Waals surface area (Å²) in [5.41, 5.74) is 1.86. The van der Waals surface area contributed by atoms with Gasteiger partial charge in [-0.25, -0.2) is 4.79 Å². The number of aliphatic hydroxyl groups is 1. The van der Waals surface area contributed by atoms with Crippen molar-refractivity contribution in [3.8, 4) is 0 Å². The minimum Gasteiger partial charge on any atom is -0.456 e.